The fourth-order valence-electron chi connectivity index (χ4n) is 4.59. The second-order valence-corrected chi connectivity index (χ2v) is 14.1. The molecule has 218 valence electrons. The van der Waals surface area contributed by atoms with Gasteiger partial charge in [0.25, 0.3) is 0 Å². The maximum absolute atomic E-state index is 6.81. The molecular formula is C40H42OP2. The minimum atomic E-state index is -0.793. The Morgan fingerprint density at radius 1 is 0.814 bits per heavy atom. The molecule has 0 aliphatic heterocycles. The molecule has 0 saturated carbocycles. The number of rotatable bonds is 9. The molecule has 3 heteroatoms. The quantitative estimate of drug-likeness (QED) is 0.137. The monoisotopic (exact) mass is 600 g/mol. The zero-order valence-electron chi connectivity index (χ0n) is 25.7. The summed E-state index contributed by atoms with van der Waals surface area (Å²) in [7, 11) is -0.251. The van der Waals surface area contributed by atoms with Crippen molar-refractivity contribution in [3.05, 3.63) is 180 Å². The van der Waals surface area contributed by atoms with Gasteiger partial charge in [0.05, 0.1) is 0 Å². The molecule has 2 unspecified atom stereocenters. The molecule has 1 aliphatic rings. The van der Waals surface area contributed by atoms with Gasteiger partial charge in [0.15, 0.2) is 0 Å². The van der Waals surface area contributed by atoms with Crippen LogP contribution in [0.3, 0.4) is 0 Å². The summed E-state index contributed by atoms with van der Waals surface area (Å²) in [6.45, 7) is 8.68. The average molecular weight is 601 g/mol. The van der Waals surface area contributed by atoms with Crippen LogP contribution in [0, 0.1) is 12.8 Å². The third kappa shape index (κ3) is 10.2. The predicted molar refractivity (Wildman–Crippen MR) is 193 cm³/mol. The second-order valence-electron chi connectivity index (χ2n) is 10.5. The summed E-state index contributed by atoms with van der Waals surface area (Å²) in [5.41, 5.74) is 1.32. The van der Waals surface area contributed by atoms with Crippen LogP contribution in [0.5, 0.6) is 5.75 Å². The summed E-state index contributed by atoms with van der Waals surface area (Å²) in [5.74, 6) is 2.34. The standard InChI is InChI=1S/C33H34OP2.C7H8/c1-4-16-29(25-26(2)3)36(28-19-10-6-11-20-28)33-24-13-7-12-22-31(33)34-30-21-14-15-23-32(30)35-27-17-8-5-9-18-27;1-7-5-3-2-4-6-7/h4-11,13-26,35H,12H2,1-3H3;2-6H,1H3/b16-4-,29-25+;. The highest BCUT2D eigenvalue weighted by Gasteiger charge is 2.25. The number of allylic oxidation sites excluding steroid dienone is 9. The largest absolute Gasteiger partial charge is 0.456 e. The van der Waals surface area contributed by atoms with Crippen LogP contribution in [-0.4, -0.2) is 0 Å². The van der Waals surface area contributed by atoms with E-state index in [1.165, 1.54) is 32.1 Å². The van der Waals surface area contributed by atoms with Crippen LogP contribution in [0.25, 0.3) is 0 Å². The van der Waals surface area contributed by atoms with E-state index in [-0.39, 0.29) is 0 Å². The van der Waals surface area contributed by atoms with E-state index in [1.807, 2.05) is 18.2 Å². The van der Waals surface area contributed by atoms with Crippen molar-refractivity contribution >= 4 is 32.4 Å². The molecule has 1 nitrogen and oxygen atoms in total. The van der Waals surface area contributed by atoms with Gasteiger partial charge in [0.2, 0.25) is 0 Å². The van der Waals surface area contributed by atoms with Crippen molar-refractivity contribution in [1.29, 1.82) is 0 Å². The molecule has 0 N–H and O–H groups in total. The molecule has 0 saturated heterocycles. The molecule has 0 bridgehead atoms. The van der Waals surface area contributed by atoms with E-state index in [9.17, 15) is 0 Å². The van der Waals surface area contributed by atoms with Gasteiger partial charge in [-0.15, -0.1) is 0 Å². The number of ether oxygens (including phenoxy) is 1. The first-order chi connectivity index (χ1) is 21.0. The van der Waals surface area contributed by atoms with E-state index in [0.29, 0.717) is 14.5 Å². The fourth-order valence-corrected chi connectivity index (χ4v) is 8.36. The normalized spacial score (nSPS) is 14.2. The van der Waals surface area contributed by atoms with E-state index in [1.54, 1.807) is 0 Å². The Balaban J connectivity index is 0.000000530. The third-order valence-corrected chi connectivity index (χ3v) is 10.3. The SMILES string of the molecule is C/C=C\C(=C/C(C)C)P(C1=CC=CCC=C1Oc1ccccc1Pc1ccccc1)c1ccccc1.Cc1ccccc1. The van der Waals surface area contributed by atoms with Crippen molar-refractivity contribution in [3.8, 4) is 5.75 Å². The predicted octanol–water partition coefficient (Wildman–Crippen LogP) is 10.3. The minimum Gasteiger partial charge on any atom is -0.456 e. The van der Waals surface area contributed by atoms with E-state index < -0.39 is 7.92 Å². The Hall–Kier alpha value is -3.76. The zero-order valence-corrected chi connectivity index (χ0v) is 27.5. The lowest BCUT2D eigenvalue weighted by Crippen LogP contribution is -2.12. The van der Waals surface area contributed by atoms with Gasteiger partial charge >= 0.3 is 0 Å². The zero-order chi connectivity index (χ0) is 30.3. The van der Waals surface area contributed by atoms with Crippen molar-refractivity contribution in [3.63, 3.8) is 0 Å². The number of hydrogen-bond donors (Lipinski definition) is 0. The van der Waals surface area contributed by atoms with Crippen LogP contribution >= 0.6 is 16.5 Å². The van der Waals surface area contributed by atoms with Crippen LogP contribution in [0.2, 0.25) is 0 Å². The number of hydrogen-bond acceptors (Lipinski definition) is 1. The molecule has 0 heterocycles. The van der Waals surface area contributed by atoms with Gasteiger partial charge in [-0.3, -0.25) is 0 Å². The van der Waals surface area contributed by atoms with Crippen molar-refractivity contribution in [2.45, 2.75) is 34.1 Å². The van der Waals surface area contributed by atoms with Crippen molar-refractivity contribution in [2.75, 3.05) is 0 Å². The van der Waals surface area contributed by atoms with Crippen LogP contribution in [0.1, 0.15) is 32.8 Å². The second kappa shape index (κ2) is 17.4. The maximum atomic E-state index is 6.81. The third-order valence-electron chi connectivity index (χ3n) is 6.54. The van der Waals surface area contributed by atoms with Gasteiger partial charge in [-0.05, 0) is 62.2 Å². The highest BCUT2D eigenvalue weighted by Crippen LogP contribution is 2.55. The van der Waals surface area contributed by atoms with Crippen molar-refractivity contribution < 1.29 is 4.74 Å². The summed E-state index contributed by atoms with van der Waals surface area (Å²) in [6, 6.07) is 40.2. The highest BCUT2D eigenvalue weighted by atomic mass is 31.1. The van der Waals surface area contributed by atoms with Crippen LogP contribution in [-0.2, 0) is 0 Å². The molecule has 2 atom stereocenters. The summed E-state index contributed by atoms with van der Waals surface area (Å²) < 4.78 is 6.81. The molecule has 4 aromatic rings. The molecule has 0 spiro atoms. The molecule has 43 heavy (non-hydrogen) atoms. The summed E-state index contributed by atoms with van der Waals surface area (Å²) >= 11 is 0. The Labute approximate surface area is 262 Å². The van der Waals surface area contributed by atoms with E-state index in [2.05, 4.69) is 167 Å². The first-order valence-corrected chi connectivity index (χ1v) is 17.3. The van der Waals surface area contributed by atoms with Gasteiger partial charge in [0, 0.05) is 10.6 Å². The van der Waals surface area contributed by atoms with Crippen molar-refractivity contribution in [2.24, 2.45) is 5.92 Å². The average Bonchev–Trinajstić information content (AvgIpc) is 3.25. The van der Waals surface area contributed by atoms with Crippen LogP contribution in [0.4, 0.5) is 0 Å². The van der Waals surface area contributed by atoms with Gasteiger partial charge < -0.3 is 4.74 Å². The molecule has 4 aromatic carbocycles. The molecule has 1 aliphatic carbocycles. The lowest BCUT2D eigenvalue weighted by Gasteiger charge is -2.26. The topological polar surface area (TPSA) is 9.23 Å². The smallest absolute Gasteiger partial charge is 0.135 e. The molecule has 0 fully saturated rings. The van der Waals surface area contributed by atoms with E-state index in [0.717, 1.165) is 17.9 Å². The Morgan fingerprint density at radius 2 is 1.44 bits per heavy atom. The van der Waals surface area contributed by atoms with Gasteiger partial charge in [-0.25, -0.2) is 0 Å². The minimum absolute atomic E-state index is 0.452. The van der Waals surface area contributed by atoms with Gasteiger partial charge in [-0.1, -0.05) is 174 Å². The summed E-state index contributed by atoms with van der Waals surface area (Å²) in [5, 5.41) is 6.45. The van der Waals surface area contributed by atoms with Gasteiger partial charge in [0.1, 0.15) is 11.5 Å². The molecular weight excluding hydrogens is 558 g/mol. The van der Waals surface area contributed by atoms with E-state index in [4.69, 9.17) is 4.74 Å². The Morgan fingerprint density at radius 3 is 2.07 bits per heavy atom. The number of benzene rings is 4. The maximum Gasteiger partial charge on any atom is 0.135 e. The lowest BCUT2D eigenvalue weighted by atomic mass is 10.2. The Kier molecular flexibility index (Phi) is 13.0. The molecule has 0 radical (unpaired) electrons. The highest BCUT2D eigenvalue weighted by molar-refractivity contribution is 7.74. The summed E-state index contributed by atoms with van der Waals surface area (Å²) in [6.07, 6.45) is 16.6. The molecule has 5 rings (SSSR count). The van der Waals surface area contributed by atoms with Crippen LogP contribution in [0.15, 0.2) is 174 Å². The Bertz CT molecular complexity index is 1560. The number of aryl methyl sites for hydroxylation is 1. The number of para-hydroxylation sites is 1. The van der Waals surface area contributed by atoms with Crippen LogP contribution < -0.4 is 20.7 Å². The van der Waals surface area contributed by atoms with Crippen molar-refractivity contribution in [1.82, 2.24) is 0 Å². The summed E-state index contributed by atoms with van der Waals surface area (Å²) in [4.78, 5) is 0. The molecule has 0 aromatic heterocycles. The fraction of sp³-hybridized carbons (Fsp3) is 0.150. The molecule has 0 amide bonds. The van der Waals surface area contributed by atoms with E-state index >= 15 is 0 Å². The van der Waals surface area contributed by atoms with Gasteiger partial charge in [-0.2, -0.15) is 0 Å². The first kappa shape index (κ1) is 32.2. The first-order valence-electron chi connectivity index (χ1n) is 14.9. The lowest BCUT2D eigenvalue weighted by molar-refractivity contribution is 0.444.